The minimum atomic E-state index is -1.28. The van der Waals surface area contributed by atoms with Crippen molar-refractivity contribution in [2.75, 3.05) is 0 Å². The van der Waals surface area contributed by atoms with Crippen molar-refractivity contribution in [2.45, 2.75) is 57.7 Å². The van der Waals surface area contributed by atoms with Gasteiger partial charge in [0.05, 0.1) is 20.7 Å². The second kappa shape index (κ2) is 8.80. The van der Waals surface area contributed by atoms with Crippen LogP contribution in [0.1, 0.15) is 58.6 Å². The fourth-order valence-electron chi connectivity index (χ4n) is 1.69. The second-order valence-corrected chi connectivity index (χ2v) is 8.20. The van der Waals surface area contributed by atoms with Crippen LogP contribution in [0.4, 0.5) is 5.69 Å². The molecule has 0 bridgehead atoms. The molecule has 0 aliphatic carbocycles. The van der Waals surface area contributed by atoms with E-state index in [4.69, 9.17) is 0 Å². The fraction of sp³-hybridized carbons (Fsp3) is 0.529. The maximum atomic E-state index is 12.3. The van der Waals surface area contributed by atoms with Crippen LogP contribution in [0.3, 0.4) is 0 Å². The summed E-state index contributed by atoms with van der Waals surface area (Å²) in [5.41, 5.74) is 0.806. The van der Waals surface area contributed by atoms with E-state index < -0.39 is 26.7 Å². The molecule has 1 aromatic carbocycles. The Kier molecular flexibility index (Phi) is 7.40. The van der Waals surface area contributed by atoms with Gasteiger partial charge in [-0.1, -0.05) is 19.3 Å². The summed E-state index contributed by atoms with van der Waals surface area (Å²) in [7, 11) is -1.28. The van der Waals surface area contributed by atoms with Gasteiger partial charge in [0.2, 0.25) is 0 Å². The molecule has 0 saturated heterocycles. The van der Waals surface area contributed by atoms with Crippen LogP contribution in [0, 0.1) is 22.0 Å². The summed E-state index contributed by atoms with van der Waals surface area (Å²) in [6, 6.07) is 5.79. The van der Waals surface area contributed by atoms with Crippen LogP contribution in [0.5, 0.6) is 0 Å². The molecular weight excluding hydrogens is 312 g/mol. The number of nitrogens with zero attached hydrogens (tertiary/aromatic N) is 1. The number of nitro benzene ring substituents is 1. The molecule has 0 aromatic heterocycles. The maximum absolute atomic E-state index is 12.3. The Morgan fingerprint density at radius 1 is 1.30 bits per heavy atom. The lowest BCUT2D eigenvalue weighted by atomic mass is 10.1. The molecule has 126 valence electrons. The van der Waals surface area contributed by atoms with Gasteiger partial charge in [-0.25, -0.2) is 8.93 Å². The Bertz CT molecular complexity index is 609. The molecular formula is C17H24N2O3S. The molecule has 0 saturated carbocycles. The van der Waals surface area contributed by atoms with Gasteiger partial charge in [-0.3, -0.25) is 10.1 Å². The quantitative estimate of drug-likeness (QED) is 0.371. The average Bonchev–Trinajstić information content (AvgIpc) is 2.49. The van der Waals surface area contributed by atoms with Crippen molar-refractivity contribution in [3.63, 3.8) is 0 Å². The zero-order valence-corrected chi connectivity index (χ0v) is 14.9. The van der Waals surface area contributed by atoms with Crippen LogP contribution >= 0.6 is 0 Å². The van der Waals surface area contributed by atoms with Crippen molar-refractivity contribution in [3.8, 4) is 11.8 Å². The Hall–Kier alpha value is -1.71. The lowest BCUT2D eigenvalue weighted by Crippen LogP contribution is -2.35. The van der Waals surface area contributed by atoms with Crippen molar-refractivity contribution in [3.05, 3.63) is 39.9 Å². The number of non-ortho nitro benzene ring substituents is 1. The minimum Gasteiger partial charge on any atom is -0.258 e. The van der Waals surface area contributed by atoms with Gasteiger partial charge in [-0.15, -0.1) is 5.92 Å². The zero-order chi connectivity index (χ0) is 17.5. The third-order valence-corrected chi connectivity index (χ3v) is 4.68. The molecule has 1 aromatic rings. The van der Waals surface area contributed by atoms with Gasteiger partial charge in [-0.05, 0) is 44.9 Å². The van der Waals surface area contributed by atoms with E-state index in [1.807, 2.05) is 20.8 Å². The van der Waals surface area contributed by atoms with Crippen LogP contribution in [-0.2, 0) is 11.0 Å². The van der Waals surface area contributed by atoms with Crippen molar-refractivity contribution in [2.24, 2.45) is 0 Å². The van der Waals surface area contributed by atoms with Crippen molar-refractivity contribution >= 4 is 16.7 Å². The van der Waals surface area contributed by atoms with E-state index in [1.54, 1.807) is 12.1 Å². The van der Waals surface area contributed by atoms with Crippen molar-refractivity contribution in [1.82, 2.24) is 4.72 Å². The van der Waals surface area contributed by atoms with Crippen LogP contribution in [0.15, 0.2) is 24.3 Å². The van der Waals surface area contributed by atoms with E-state index in [1.165, 1.54) is 12.1 Å². The molecule has 0 radical (unpaired) electrons. The largest absolute Gasteiger partial charge is 0.269 e. The van der Waals surface area contributed by atoms with Crippen molar-refractivity contribution < 1.29 is 9.13 Å². The Labute approximate surface area is 140 Å². The van der Waals surface area contributed by atoms with Gasteiger partial charge < -0.3 is 0 Å². The molecule has 6 heteroatoms. The predicted molar refractivity (Wildman–Crippen MR) is 94.2 cm³/mol. The van der Waals surface area contributed by atoms with Crippen LogP contribution in [0.25, 0.3) is 0 Å². The van der Waals surface area contributed by atoms with Gasteiger partial charge in [0.1, 0.15) is 6.04 Å². The molecule has 0 heterocycles. The first-order valence-corrected chi connectivity index (χ1v) is 8.81. The fourth-order valence-corrected chi connectivity index (χ4v) is 2.46. The number of benzene rings is 1. The monoisotopic (exact) mass is 336 g/mol. The van der Waals surface area contributed by atoms with Crippen LogP contribution in [0.2, 0.25) is 0 Å². The molecule has 0 aliphatic heterocycles. The summed E-state index contributed by atoms with van der Waals surface area (Å²) in [6.45, 7) is 7.75. The van der Waals surface area contributed by atoms with Crippen molar-refractivity contribution in [1.29, 1.82) is 0 Å². The maximum Gasteiger partial charge on any atom is 0.269 e. The highest BCUT2D eigenvalue weighted by atomic mass is 32.2. The molecule has 0 spiro atoms. The molecule has 0 unspecified atom stereocenters. The molecule has 5 nitrogen and oxygen atoms in total. The Balaban J connectivity index is 2.99. The number of hydrogen-bond donors (Lipinski definition) is 1. The minimum absolute atomic E-state index is 0.0309. The first kappa shape index (κ1) is 19.3. The Morgan fingerprint density at radius 3 is 2.39 bits per heavy atom. The lowest BCUT2D eigenvalue weighted by molar-refractivity contribution is -0.384. The smallest absolute Gasteiger partial charge is 0.258 e. The van der Waals surface area contributed by atoms with Gasteiger partial charge in [0, 0.05) is 18.6 Å². The molecule has 2 atom stereocenters. The van der Waals surface area contributed by atoms with Crippen LogP contribution < -0.4 is 4.72 Å². The lowest BCUT2D eigenvalue weighted by Gasteiger charge is -2.21. The first-order valence-electron chi connectivity index (χ1n) is 7.66. The van der Waals surface area contributed by atoms with E-state index >= 15 is 0 Å². The summed E-state index contributed by atoms with van der Waals surface area (Å²) in [5.74, 6) is 6.20. The van der Waals surface area contributed by atoms with Gasteiger partial charge >= 0.3 is 0 Å². The van der Waals surface area contributed by atoms with Crippen LogP contribution in [-0.4, -0.2) is 13.9 Å². The molecule has 0 aliphatic rings. The zero-order valence-electron chi connectivity index (χ0n) is 14.1. The number of hydrogen-bond acceptors (Lipinski definition) is 3. The Morgan fingerprint density at radius 2 is 1.91 bits per heavy atom. The van der Waals surface area contributed by atoms with Gasteiger partial charge in [0.25, 0.3) is 5.69 Å². The topological polar surface area (TPSA) is 72.2 Å². The van der Waals surface area contributed by atoms with Gasteiger partial charge in [0.15, 0.2) is 0 Å². The second-order valence-electron chi connectivity index (χ2n) is 6.21. The van der Waals surface area contributed by atoms with E-state index in [0.29, 0.717) is 0 Å². The van der Waals surface area contributed by atoms with E-state index in [9.17, 15) is 14.3 Å². The molecule has 0 amide bonds. The summed E-state index contributed by atoms with van der Waals surface area (Å²) in [6.07, 6.45) is 2.87. The number of nitro groups is 1. The first-order chi connectivity index (χ1) is 10.8. The standard InChI is InChI=1S/C17H24N2O3S/c1-5-6-7-8-9-16(18-23(22)17(2,3)4)14-10-12-15(13-11-14)19(20)21/h10-13,16,18H,5-7H2,1-4H3/t16-,23+/m0/s1. The molecule has 23 heavy (non-hydrogen) atoms. The molecule has 1 rings (SSSR count). The highest BCUT2D eigenvalue weighted by molar-refractivity contribution is 7.84. The highest BCUT2D eigenvalue weighted by Gasteiger charge is 2.23. The van der Waals surface area contributed by atoms with E-state index in [0.717, 1.165) is 24.8 Å². The third-order valence-electron chi connectivity index (χ3n) is 3.12. The molecule has 0 fully saturated rings. The van der Waals surface area contributed by atoms with Gasteiger partial charge in [-0.2, -0.15) is 0 Å². The molecule has 1 N–H and O–H groups in total. The predicted octanol–water partition coefficient (Wildman–Crippen LogP) is 3.88. The summed E-state index contributed by atoms with van der Waals surface area (Å²) >= 11 is 0. The SMILES string of the molecule is CCCCC#C[C@H](N[S@](=O)C(C)(C)C)c1ccc([N+](=O)[O-])cc1. The highest BCUT2D eigenvalue weighted by Crippen LogP contribution is 2.20. The summed E-state index contributed by atoms with van der Waals surface area (Å²) in [5, 5.41) is 10.7. The third kappa shape index (κ3) is 6.51. The summed E-state index contributed by atoms with van der Waals surface area (Å²) < 4.78 is 15.0. The number of unbranched alkanes of at least 4 members (excludes halogenated alkanes) is 2. The summed E-state index contributed by atoms with van der Waals surface area (Å²) in [4.78, 5) is 10.3. The number of rotatable bonds is 6. The average molecular weight is 336 g/mol. The van der Waals surface area contributed by atoms with E-state index in [-0.39, 0.29) is 5.69 Å². The normalized spacial score (nSPS) is 13.7. The van der Waals surface area contributed by atoms with E-state index in [2.05, 4.69) is 23.5 Å². The number of nitrogens with one attached hydrogen (secondary N) is 1.